The van der Waals surface area contributed by atoms with Crippen molar-refractivity contribution in [3.05, 3.63) is 60.7 Å². The van der Waals surface area contributed by atoms with Crippen LogP contribution in [0.5, 0.6) is 0 Å². The third-order valence-corrected chi connectivity index (χ3v) is 11.6. The highest BCUT2D eigenvalue weighted by molar-refractivity contribution is 6.99. The molecule has 0 aliphatic heterocycles. The molecule has 0 aliphatic carbocycles. The van der Waals surface area contributed by atoms with Crippen LogP contribution < -0.4 is 10.4 Å². The lowest BCUT2D eigenvalue weighted by atomic mass is 9.97. The third-order valence-electron chi connectivity index (χ3n) is 6.57. The van der Waals surface area contributed by atoms with E-state index in [1.807, 2.05) is 71.0 Å². The van der Waals surface area contributed by atoms with Gasteiger partial charge in [-0.3, -0.25) is 9.69 Å². The molecule has 0 saturated carbocycles. The molecule has 0 saturated heterocycles. The highest BCUT2D eigenvalue weighted by atomic mass is 28.4. The molecule has 1 atom stereocenters. The molecule has 1 amide bonds. The first kappa shape index (κ1) is 28.8. The molecule has 1 N–H and O–H groups in total. The van der Waals surface area contributed by atoms with Crippen LogP contribution in [0.15, 0.2) is 60.7 Å². The van der Waals surface area contributed by atoms with Gasteiger partial charge >= 0.3 is 6.09 Å². The second-order valence-electron chi connectivity index (χ2n) is 11.6. The van der Waals surface area contributed by atoms with Crippen LogP contribution in [0.1, 0.15) is 68.2 Å². The maximum Gasteiger partial charge on any atom is 0.408 e. The lowest BCUT2D eigenvalue weighted by molar-refractivity contribution is -0.122. The Bertz CT molecular complexity index is 922. The third kappa shape index (κ3) is 6.82. The molecule has 2 aromatic carbocycles. The van der Waals surface area contributed by atoms with Crippen LogP contribution in [0.25, 0.3) is 0 Å². The number of hydrogen-bond acceptors (Lipinski definition) is 3. The lowest BCUT2D eigenvalue weighted by Gasteiger charge is -2.46. The van der Waals surface area contributed by atoms with E-state index in [0.29, 0.717) is 12.8 Å². The zero-order chi connectivity index (χ0) is 26.4. The Balaban J connectivity index is 2.58. The maximum atomic E-state index is 12.5. The van der Waals surface area contributed by atoms with Crippen molar-refractivity contribution in [2.45, 2.75) is 84.9 Å². The summed E-state index contributed by atoms with van der Waals surface area (Å²) >= 11 is 0. The number of rotatable bonds is 10. The van der Waals surface area contributed by atoms with Gasteiger partial charge in [-0.25, -0.2) is 4.79 Å². The monoisotopic (exact) mass is 497 g/mol. The van der Waals surface area contributed by atoms with Gasteiger partial charge in [-0.2, -0.15) is 0 Å². The quantitative estimate of drug-likeness (QED) is 0.427. The van der Waals surface area contributed by atoms with Gasteiger partial charge < -0.3 is 9.53 Å². The predicted molar refractivity (Wildman–Crippen MR) is 146 cm³/mol. The van der Waals surface area contributed by atoms with Gasteiger partial charge in [0, 0.05) is 17.9 Å². The smallest absolute Gasteiger partial charge is 0.408 e. The molecule has 2 rings (SSSR count). The van der Waals surface area contributed by atoms with E-state index < -0.39 is 26.0 Å². The van der Waals surface area contributed by atoms with Crippen LogP contribution in [0.2, 0.25) is 5.04 Å². The summed E-state index contributed by atoms with van der Waals surface area (Å²) in [7, 11) is -2.83. The van der Waals surface area contributed by atoms with E-state index in [2.05, 4.69) is 45.0 Å². The summed E-state index contributed by atoms with van der Waals surface area (Å²) in [5, 5.41) is 12.2. The minimum absolute atomic E-state index is 0.0823. The lowest BCUT2D eigenvalue weighted by Crippen LogP contribution is -2.67. The van der Waals surface area contributed by atoms with Gasteiger partial charge in [0.15, 0.2) is 0 Å². The van der Waals surface area contributed by atoms with Gasteiger partial charge in [0.1, 0.15) is 5.78 Å². The minimum atomic E-state index is -2.83. The van der Waals surface area contributed by atoms with Gasteiger partial charge in [0.25, 0.3) is 8.32 Å². The van der Waals surface area contributed by atoms with E-state index in [1.165, 1.54) is 4.90 Å². The van der Waals surface area contributed by atoms with Gasteiger partial charge in [-0.05, 0) is 42.6 Å². The highest BCUT2D eigenvalue weighted by Crippen LogP contribution is 2.37. The fraction of sp³-hybridized carbons (Fsp3) is 0.517. The van der Waals surface area contributed by atoms with Crippen molar-refractivity contribution in [1.29, 1.82) is 0 Å². The zero-order valence-electron chi connectivity index (χ0n) is 22.7. The minimum Gasteiger partial charge on any atom is -0.465 e. The summed E-state index contributed by atoms with van der Waals surface area (Å²) in [4.78, 5) is 26.4. The van der Waals surface area contributed by atoms with E-state index in [-0.39, 0.29) is 23.3 Å². The zero-order valence-corrected chi connectivity index (χ0v) is 23.7. The van der Waals surface area contributed by atoms with Crippen molar-refractivity contribution in [1.82, 2.24) is 4.90 Å². The Morgan fingerprint density at radius 2 is 1.34 bits per heavy atom. The van der Waals surface area contributed by atoms with Gasteiger partial charge in [-0.15, -0.1) is 0 Å². The maximum absolute atomic E-state index is 12.5. The van der Waals surface area contributed by atoms with Crippen molar-refractivity contribution in [3.8, 4) is 0 Å². The molecule has 0 bridgehead atoms. The molecule has 35 heavy (non-hydrogen) atoms. The predicted octanol–water partition coefficient (Wildman–Crippen LogP) is 5.72. The average molecular weight is 498 g/mol. The van der Waals surface area contributed by atoms with Gasteiger partial charge in [-0.1, -0.05) is 95.3 Å². The molecule has 2 aromatic rings. The van der Waals surface area contributed by atoms with Crippen LogP contribution in [-0.2, 0) is 9.22 Å². The topological polar surface area (TPSA) is 66.8 Å². The summed E-state index contributed by atoms with van der Waals surface area (Å²) in [6.45, 7) is 16.3. The van der Waals surface area contributed by atoms with E-state index in [1.54, 1.807) is 0 Å². The number of Topliss-reactive ketones (excluding diaryl/α,β-unsaturated/α-hetero) is 1. The SMILES string of the molecule is CC(C)C(=O)CCC(CO[Si](c1ccccc1)(c1ccccc1)C(C)(C)C)N(C(=O)O)C(C)(C)C. The summed E-state index contributed by atoms with van der Waals surface area (Å²) in [5.41, 5.74) is -0.633. The average Bonchev–Trinajstić information content (AvgIpc) is 2.76. The van der Waals surface area contributed by atoms with Crippen molar-refractivity contribution >= 4 is 30.6 Å². The standard InChI is InChI=1S/C29H43NO4Si/c1-22(2)26(31)20-19-23(30(27(32)33)28(3,4)5)21-34-35(29(6,7)8,24-15-11-9-12-16-24)25-17-13-10-14-18-25/h9-18,22-23H,19-21H2,1-8H3,(H,32,33). The molecule has 0 spiro atoms. The number of ketones is 1. The van der Waals surface area contributed by atoms with E-state index in [4.69, 9.17) is 4.43 Å². The summed E-state index contributed by atoms with van der Waals surface area (Å²) < 4.78 is 7.07. The summed E-state index contributed by atoms with van der Waals surface area (Å²) in [6.07, 6.45) is -0.240. The molecule has 0 aromatic heterocycles. The first-order chi connectivity index (χ1) is 16.2. The van der Waals surface area contributed by atoms with Crippen molar-refractivity contribution < 1.29 is 19.1 Å². The highest BCUT2D eigenvalue weighted by Gasteiger charge is 2.51. The molecular formula is C29H43NO4Si. The summed E-state index contributed by atoms with van der Waals surface area (Å²) in [5.74, 6) is 0.0563. The molecule has 5 nitrogen and oxygen atoms in total. The number of nitrogens with zero attached hydrogens (tertiary/aromatic N) is 1. The fourth-order valence-electron chi connectivity index (χ4n) is 4.86. The molecule has 0 aliphatic rings. The molecular weight excluding hydrogens is 454 g/mol. The largest absolute Gasteiger partial charge is 0.465 e. The molecule has 0 fully saturated rings. The van der Waals surface area contributed by atoms with E-state index >= 15 is 0 Å². The second kappa shape index (κ2) is 11.5. The van der Waals surface area contributed by atoms with Crippen LogP contribution in [0.3, 0.4) is 0 Å². The van der Waals surface area contributed by atoms with Crippen LogP contribution in [-0.4, -0.2) is 48.4 Å². The molecule has 192 valence electrons. The molecule has 0 radical (unpaired) electrons. The van der Waals surface area contributed by atoms with Crippen molar-refractivity contribution in [3.63, 3.8) is 0 Å². The second-order valence-corrected chi connectivity index (χ2v) is 15.9. The number of carbonyl (C=O) groups is 2. The molecule has 0 heterocycles. The van der Waals surface area contributed by atoms with Gasteiger partial charge in [0.2, 0.25) is 0 Å². The number of carboxylic acid groups (broad SMARTS) is 1. The van der Waals surface area contributed by atoms with Gasteiger partial charge in [0.05, 0.1) is 12.6 Å². The Labute approximate surface area is 212 Å². The normalized spacial score (nSPS) is 13.5. The van der Waals surface area contributed by atoms with Crippen LogP contribution >= 0.6 is 0 Å². The number of carbonyl (C=O) groups excluding carboxylic acids is 1. The Morgan fingerprint density at radius 3 is 1.69 bits per heavy atom. The summed E-state index contributed by atoms with van der Waals surface area (Å²) in [6, 6.07) is 20.2. The molecule has 1 unspecified atom stereocenters. The Hall–Kier alpha value is -2.44. The Morgan fingerprint density at radius 1 is 0.886 bits per heavy atom. The first-order valence-electron chi connectivity index (χ1n) is 12.5. The van der Waals surface area contributed by atoms with Crippen molar-refractivity contribution in [2.75, 3.05) is 6.61 Å². The van der Waals surface area contributed by atoms with E-state index in [0.717, 1.165) is 10.4 Å². The fourth-order valence-corrected chi connectivity index (χ4v) is 9.46. The van der Waals surface area contributed by atoms with Crippen LogP contribution in [0, 0.1) is 5.92 Å². The van der Waals surface area contributed by atoms with E-state index in [9.17, 15) is 14.7 Å². The van der Waals surface area contributed by atoms with Crippen molar-refractivity contribution in [2.24, 2.45) is 5.92 Å². The number of benzene rings is 2. The number of amides is 1. The Kier molecular flexibility index (Phi) is 9.48. The number of hydrogen-bond donors (Lipinski definition) is 1. The van der Waals surface area contributed by atoms with Crippen LogP contribution in [0.4, 0.5) is 4.79 Å². The first-order valence-corrected chi connectivity index (χ1v) is 14.4. The molecule has 6 heteroatoms.